The third-order valence-corrected chi connectivity index (χ3v) is 4.43. The van der Waals surface area contributed by atoms with Crippen LogP contribution in [0, 0.1) is 12.7 Å². The molecule has 6 nitrogen and oxygen atoms in total. The number of carbonyl (C=O) groups is 2. The number of nitrogens with zero attached hydrogens (tertiary/aromatic N) is 2. The lowest BCUT2D eigenvalue weighted by atomic mass is 10.2. The smallest absolute Gasteiger partial charge is 0.282 e. The van der Waals surface area contributed by atoms with Crippen molar-refractivity contribution in [1.82, 2.24) is 9.88 Å². The molecule has 0 saturated heterocycles. The van der Waals surface area contributed by atoms with E-state index in [0.717, 1.165) is 4.88 Å². The molecule has 134 valence electrons. The Hall–Kier alpha value is -3.00. The van der Waals surface area contributed by atoms with Crippen LogP contribution in [0.1, 0.15) is 21.0 Å². The molecule has 3 aromatic rings. The third kappa shape index (κ3) is 4.34. The lowest BCUT2D eigenvalue weighted by molar-refractivity contribution is -0.121. The maximum atomic E-state index is 13.7. The number of aromatic nitrogens is 1. The summed E-state index contributed by atoms with van der Waals surface area (Å²) in [7, 11) is 0. The van der Waals surface area contributed by atoms with E-state index < -0.39 is 11.7 Å². The molecule has 1 N–H and O–H groups in total. The number of benzene rings is 1. The van der Waals surface area contributed by atoms with Gasteiger partial charge in [-0.2, -0.15) is 4.99 Å². The van der Waals surface area contributed by atoms with Gasteiger partial charge in [0.2, 0.25) is 5.91 Å². The van der Waals surface area contributed by atoms with E-state index >= 15 is 0 Å². The molecule has 0 aliphatic carbocycles. The second-order valence-corrected chi connectivity index (χ2v) is 6.72. The zero-order valence-electron chi connectivity index (χ0n) is 13.9. The topological polar surface area (TPSA) is 76.6 Å². The molecule has 0 aliphatic heterocycles. The number of carbonyl (C=O) groups excluding carboxylic acids is 2. The van der Waals surface area contributed by atoms with Gasteiger partial charge in [-0.1, -0.05) is 12.1 Å². The number of hydrogen-bond acceptors (Lipinski definition) is 4. The molecule has 2 amide bonds. The number of amides is 2. The number of halogens is 1. The molecule has 0 fully saturated rings. The summed E-state index contributed by atoms with van der Waals surface area (Å²) in [5.41, 5.74) is -0.104. The summed E-state index contributed by atoms with van der Waals surface area (Å²) in [4.78, 5) is 29.6. The molecule has 0 radical (unpaired) electrons. The van der Waals surface area contributed by atoms with Gasteiger partial charge in [-0.05, 0) is 31.2 Å². The van der Waals surface area contributed by atoms with Crippen molar-refractivity contribution in [3.05, 3.63) is 75.7 Å². The quantitative estimate of drug-likeness (QED) is 0.747. The first-order valence-corrected chi connectivity index (χ1v) is 8.64. The molecule has 0 unspecified atom stereocenters. The Balaban J connectivity index is 1.76. The van der Waals surface area contributed by atoms with Gasteiger partial charge < -0.3 is 14.3 Å². The van der Waals surface area contributed by atoms with Crippen LogP contribution in [0.25, 0.3) is 0 Å². The van der Waals surface area contributed by atoms with Crippen LogP contribution in [0.2, 0.25) is 0 Å². The van der Waals surface area contributed by atoms with E-state index in [2.05, 4.69) is 10.3 Å². The van der Waals surface area contributed by atoms with E-state index in [4.69, 9.17) is 4.42 Å². The Labute approximate surface area is 152 Å². The first-order chi connectivity index (χ1) is 12.5. The first kappa shape index (κ1) is 17.8. The van der Waals surface area contributed by atoms with E-state index in [1.165, 1.54) is 35.8 Å². The van der Waals surface area contributed by atoms with Gasteiger partial charge in [-0.3, -0.25) is 9.59 Å². The monoisotopic (exact) mass is 373 g/mol. The second-order valence-electron chi connectivity index (χ2n) is 5.51. The molecule has 0 aliphatic rings. The van der Waals surface area contributed by atoms with Crippen LogP contribution in [0.4, 0.5) is 4.39 Å². The summed E-state index contributed by atoms with van der Waals surface area (Å²) in [6.45, 7) is 2.11. The Bertz CT molecular complexity index is 989. The molecule has 0 bridgehead atoms. The minimum absolute atomic E-state index is 0.00552. The Morgan fingerprint density at radius 2 is 2.08 bits per heavy atom. The van der Waals surface area contributed by atoms with Crippen molar-refractivity contribution in [2.45, 2.75) is 20.0 Å². The molecule has 2 aromatic heterocycles. The largest absolute Gasteiger partial charge is 0.467 e. The van der Waals surface area contributed by atoms with Gasteiger partial charge in [0.15, 0.2) is 4.80 Å². The molecular formula is C18H16FN3O3S. The number of hydrogen-bond donors (Lipinski definition) is 1. The number of aryl methyl sites for hydroxylation is 1. The Morgan fingerprint density at radius 1 is 1.27 bits per heavy atom. The highest BCUT2D eigenvalue weighted by Gasteiger charge is 2.12. The maximum Gasteiger partial charge on any atom is 0.282 e. The molecule has 3 rings (SSSR count). The van der Waals surface area contributed by atoms with E-state index in [1.807, 2.05) is 6.92 Å². The van der Waals surface area contributed by atoms with Gasteiger partial charge in [0.25, 0.3) is 5.91 Å². The van der Waals surface area contributed by atoms with Crippen LogP contribution in [0.5, 0.6) is 0 Å². The van der Waals surface area contributed by atoms with Gasteiger partial charge in [0, 0.05) is 11.1 Å². The first-order valence-electron chi connectivity index (χ1n) is 7.82. The van der Waals surface area contributed by atoms with E-state index in [1.54, 1.807) is 29.0 Å². The molecule has 0 atom stereocenters. The zero-order valence-corrected chi connectivity index (χ0v) is 14.8. The van der Waals surface area contributed by atoms with Crippen molar-refractivity contribution in [2.75, 3.05) is 0 Å². The number of rotatable bonds is 5. The maximum absolute atomic E-state index is 13.7. The molecule has 8 heteroatoms. The van der Waals surface area contributed by atoms with Crippen LogP contribution in [-0.2, 0) is 17.9 Å². The number of thiazole rings is 1. The van der Waals surface area contributed by atoms with Gasteiger partial charge in [-0.15, -0.1) is 11.3 Å². The van der Waals surface area contributed by atoms with E-state index in [9.17, 15) is 14.0 Å². The van der Waals surface area contributed by atoms with E-state index in [0.29, 0.717) is 10.6 Å². The Morgan fingerprint density at radius 3 is 2.81 bits per heavy atom. The second kappa shape index (κ2) is 7.92. The standard InChI is InChI=1S/C18H16FN3O3S/c1-12-10-22(11-16(23)20-9-13-5-4-8-25-13)18(26-12)21-17(24)14-6-2-3-7-15(14)19/h2-8,10H,9,11H2,1H3,(H,20,23). The van der Waals surface area contributed by atoms with Gasteiger partial charge in [0.05, 0.1) is 18.4 Å². The third-order valence-electron chi connectivity index (χ3n) is 3.49. The molecule has 1 aromatic carbocycles. The summed E-state index contributed by atoms with van der Waals surface area (Å²) in [6, 6.07) is 9.16. The summed E-state index contributed by atoms with van der Waals surface area (Å²) in [6.07, 6.45) is 3.26. The molecule has 26 heavy (non-hydrogen) atoms. The lowest BCUT2D eigenvalue weighted by Crippen LogP contribution is -2.30. The van der Waals surface area contributed by atoms with Crippen molar-refractivity contribution in [3.63, 3.8) is 0 Å². The zero-order chi connectivity index (χ0) is 18.5. The van der Waals surface area contributed by atoms with Gasteiger partial charge in [0.1, 0.15) is 18.1 Å². The number of furan rings is 1. The SMILES string of the molecule is Cc1cn(CC(=O)NCc2ccco2)c(=NC(=O)c2ccccc2F)s1. The van der Waals surface area contributed by atoms with Crippen LogP contribution >= 0.6 is 11.3 Å². The normalized spacial score (nSPS) is 11.5. The lowest BCUT2D eigenvalue weighted by Gasteiger charge is -2.04. The molecular weight excluding hydrogens is 357 g/mol. The highest BCUT2D eigenvalue weighted by Crippen LogP contribution is 2.08. The van der Waals surface area contributed by atoms with E-state index in [-0.39, 0.29) is 24.6 Å². The fourth-order valence-electron chi connectivity index (χ4n) is 2.30. The minimum Gasteiger partial charge on any atom is -0.467 e. The van der Waals surface area contributed by atoms with Crippen molar-refractivity contribution >= 4 is 23.2 Å². The van der Waals surface area contributed by atoms with Gasteiger partial charge in [-0.25, -0.2) is 4.39 Å². The van der Waals surface area contributed by atoms with Crippen LogP contribution < -0.4 is 10.1 Å². The van der Waals surface area contributed by atoms with Crippen molar-refractivity contribution < 1.29 is 18.4 Å². The average molecular weight is 373 g/mol. The predicted molar refractivity (Wildman–Crippen MR) is 93.9 cm³/mol. The van der Waals surface area contributed by atoms with Crippen molar-refractivity contribution in [1.29, 1.82) is 0 Å². The van der Waals surface area contributed by atoms with Crippen LogP contribution in [0.3, 0.4) is 0 Å². The summed E-state index contributed by atoms with van der Waals surface area (Å²) in [5, 5.41) is 2.73. The average Bonchev–Trinajstić information content (AvgIpc) is 3.23. The molecule has 0 saturated carbocycles. The summed E-state index contributed by atoms with van der Waals surface area (Å²) >= 11 is 1.26. The van der Waals surface area contributed by atoms with Crippen molar-refractivity contribution in [2.24, 2.45) is 4.99 Å². The van der Waals surface area contributed by atoms with Crippen molar-refractivity contribution in [3.8, 4) is 0 Å². The fraction of sp³-hybridized carbons (Fsp3) is 0.167. The fourth-order valence-corrected chi connectivity index (χ4v) is 3.13. The summed E-state index contributed by atoms with van der Waals surface area (Å²) in [5.74, 6) is -0.921. The van der Waals surface area contributed by atoms with Crippen LogP contribution in [0.15, 0.2) is 58.3 Å². The predicted octanol–water partition coefficient (Wildman–Crippen LogP) is 2.65. The summed E-state index contributed by atoms with van der Waals surface area (Å²) < 4.78 is 20.5. The highest BCUT2D eigenvalue weighted by atomic mass is 32.1. The Kier molecular flexibility index (Phi) is 5.43. The molecule has 2 heterocycles. The van der Waals surface area contributed by atoms with Crippen LogP contribution in [-0.4, -0.2) is 16.4 Å². The van der Waals surface area contributed by atoms with Gasteiger partial charge >= 0.3 is 0 Å². The number of nitrogens with one attached hydrogen (secondary N) is 1. The minimum atomic E-state index is -0.685. The highest BCUT2D eigenvalue weighted by molar-refractivity contribution is 7.09. The molecule has 0 spiro atoms.